The molecule has 0 unspecified atom stereocenters. The molecule has 1 saturated heterocycles. The van der Waals surface area contributed by atoms with Crippen LogP contribution in [0.15, 0.2) is 41.2 Å². The summed E-state index contributed by atoms with van der Waals surface area (Å²) in [4.78, 5) is 18.5. The summed E-state index contributed by atoms with van der Waals surface area (Å²) < 4.78 is 18.4. The zero-order valence-electron chi connectivity index (χ0n) is 13.9. The fraction of sp³-hybridized carbons (Fsp3) is 0.294. The van der Waals surface area contributed by atoms with Gasteiger partial charge in [0.15, 0.2) is 0 Å². The zero-order valence-corrected chi connectivity index (χ0v) is 13.9. The number of carbonyl (C=O) groups is 1. The molecule has 1 fully saturated rings. The molecule has 2 N–H and O–H groups in total. The Labute approximate surface area is 148 Å². The first-order valence-corrected chi connectivity index (χ1v) is 8.33. The number of rotatable bonds is 3. The number of aromatic amines is 1. The fourth-order valence-electron chi connectivity index (χ4n) is 3.00. The standard InChI is InChI=1S/C17H17FN6O2/c18-13-5-3-11(4-6-13)15-22-16(26-23-15)12-2-1-7-24(10-12)17(25)21-14-8-19-20-9-14/h3-6,8-9,12H,1-2,7,10H2,(H,19,20)(H,21,25)/t12-/m0/s1. The maximum Gasteiger partial charge on any atom is 0.321 e. The molecule has 0 bridgehead atoms. The van der Waals surface area contributed by atoms with Gasteiger partial charge >= 0.3 is 6.03 Å². The van der Waals surface area contributed by atoms with Crippen LogP contribution >= 0.6 is 0 Å². The number of piperidine rings is 1. The van der Waals surface area contributed by atoms with Crippen molar-refractivity contribution in [2.24, 2.45) is 0 Å². The molecule has 1 atom stereocenters. The molecule has 0 aliphatic carbocycles. The largest absolute Gasteiger partial charge is 0.339 e. The summed E-state index contributed by atoms with van der Waals surface area (Å²) in [7, 11) is 0. The van der Waals surface area contributed by atoms with Crippen molar-refractivity contribution >= 4 is 11.7 Å². The van der Waals surface area contributed by atoms with Gasteiger partial charge < -0.3 is 14.7 Å². The van der Waals surface area contributed by atoms with E-state index in [0.29, 0.717) is 36.1 Å². The van der Waals surface area contributed by atoms with Gasteiger partial charge in [0, 0.05) is 24.8 Å². The summed E-state index contributed by atoms with van der Waals surface area (Å²) in [6.45, 7) is 1.16. The van der Waals surface area contributed by atoms with Crippen LogP contribution in [0.3, 0.4) is 0 Å². The Bertz CT molecular complexity index is 877. The molecule has 8 nitrogen and oxygen atoms in total. The number of aromatic nitrogens is 4. The highest BCUT2D eigenvalue weighted by atomic mass is 19.1. The van der Waals surface area contributed by atoms with E-state index < -0.39 is 0 Å². The number of amides is 2. The number of anilines is 1. The van der Waals surface area contributed by atoms with Crippen LogP contribution in [0.5, 0.6) is 0 Å². The molecule has 0 spiro atoms. The maximum atomic E-state index is 13.0. The van der Waals surface area contributed by atoms with Crippen molar-refractivity contribution in [1.82, 2.24) is 25.2 Å². The van der Waals surface area contributed by atoms with Crippen molar-refractivity contribution in [2.45, 2.75) is 18.8 Å². The van der Waals surface area contributed by atoms with E-state index in [1.165, 1.54) is 12.1 Å². The number of benzene rings is 1. The molecule has 1 aromatic carbocycles. The highest BCUT2D eigenvalue weighted by Crippen LogP contribution is 2.28. The van der Waals surface area contributed by atoms with E-state index in [-0.39, 0.29) is 17.8 Å². The molecule has 26 heavy (non-hydrogen) atoms. The van der Waals surface area contributed by atoms with Gasteiger partial charge in [-0.1, -0.05) is 5.16 Å². The van der Waals surface area contributed by atoms with Gasteiger partial charge in [-0.05, 0) is 37.1 Å². The predicted molar refractivity (Wildman–Crippen MR) is 90.8 cm³/mol. The van der Waals surface area contributed by atoms with Gasteiger partial charge in [0.25, 0.3) is 0 Å². The van der Waals surface area contributed by atoms with Crippen LogP contribution in [0.2, 0.25) is 0 Å². The highest BCUT2D eigenvalue weighted by Gasteiger charge is 2.29. The number of carbonyl (C=O) groups excluding carboxylic acids is 1. The summed E-state index contributed by atoms with van der Waals surface area (Å²) in [5, 5.41) is 13.2. The Morgan fingerprint density at radius 3 is 2.96 bits per heavy atom. The van der Waals surface area contributed by atoms with Crippen LogP contribution in [0.25, 0.3) is 11.4 Å². The average molecular weight is 356 g/mol. The van der Waals surface area contributed by atoms with E-state index in [2.05, 4.69) is 25.7 Å². The molecule has 0 radical (unpaired) electrons. The molecule has 9 heteroatoms. The topological polar surface area (TPSA) is 99.9 Å². The van der Waals surface area contributed by atoms with E-state index in [1.807, 2.05) is 0 Å². The Hall–Kier alpha value is -3.23. The molecule has 4 rings (SSSR count). The second kappa shape index (κ2) is 6.95. The van der Waals surface area contributed by atoms with Gasteiger partial charge in [0.2, 0.25) is 11.7 Å². The van der Waals surface area contributed by atoms with E-state index >= 15 is 0 Å². The lowest BCUT2D eigenvalue weighted by Gasteiger charge is -2.30. The van der Waals surface area contributed by atoms with Gasteiger partial charge in [0.05, 0.1) is 17.8 Å². The Morgan fingerprint density at radius 2 is 2.19 bits per heavy atom. The summed E-state index contributed by atoms with van der Waals surface area (Å²) in [5.74, 6) is 0.565. The monoisotopic (exact) mass is 356 g/mol. The second-order valence-electron chi connectivity index (χ2n) is 6.17. The lowest BCUT2D eigenvalue weighted by Crippen LogP contribution is -2.41. The number of hydrogen-bond donors (Lipinski definition) is 2. The summed E-state index contributed by atoms with van der Waals surface area (Å²) in [5.41, 5.74) is 1.31. The van der Waals surface area contributed by atoms with E-state index in [9.17, 15) is 9.18 Å². The molecule has 3 heterocycles. The van der Waals surface area contributed by atoms with Gasteiger partial charge in [-0.2, -0.15) is 10.1 Å². The van der Waals surface area contributed by atoms with Crippen molar-refractivity contribution in [1.29, 1.82) is 0 Å². The van der Waals surface area contributed by atoms with Crippen molar-refractivity contribution in [2.75, 3.05) is 18.4 Å². The normalized spacial score (nSPS) is 17.3. The highest BCUT2D eigenvalue weighted by molar-refractivity contribution is 5.89. The molecule has 2 amide bonds. The van der Waals surface area contributed by atoms with Crippen LogP contribution < -0.4 is 5.32 Å². The van der Waals surface area contributed by atoms with Gasteiger partial charge in [0.1, 0.15) is 5.82 Å². The van der Waals surface area contributed by atoms with Gasteiger partial charge in [-0.3, -0.25) is 5.10 Å². The maximum absolute atomic E-state index is 13.0. The number of nitrogens with zero attached hydrogens (tertiary/aromatic N) is 4. The molecular formula is C17H17FN6O2. The predicted octanol–water partition coefficient (Wildman–Crippen LogP) is 3.01. The molecule has 0 saturated carbocycles. The molecule has 134 valence electrons. The van der Waals surface area contributed by atoms with E-state index in [0.717, 1.165) is 12.8 Å². The minimum Gasteiger partial charge on any atom is -0.339 e. The Balaban J connectivity index is 1.44. The SMILES string of the molecule is O=C(Nc1cn[nH]c1)N1CCC[C@H](c2nc(-c3ccc(F)cc3)no2)C1. The third kappa shape index (κ3) is 3.41. The first-order valence-electron chi connectivity index (χ1n) is 8.33. The summed E-state index contributed by atoms with van der Waals surface area (Å²) in [6, 6.07) is 5.74. The minimum atomic E-state index is -0.316. The number of halogens is 1. The second-order valence-corrected chi connectivity index (χ2v) is 6.17. The van der Waals surface area contributed by atoms with E-state index in [4.69, 9.17) is 4.52 Å². The van der Waals surface area contributed by atoms with Crippen LogP contribution in [0.4, 0.5) is 14.9 Å². The quantitative estimate of drug-likeness (QED) is 0.751. The van der Waals surface area contributed by atoms with Crippen molar-refractivity contribution in [3.05, 3.63) is 48.4 Å². The number of urea groups is 1. The van der Waals surface area contributed by atoms with E-state index in [1.54, 1.807) is 29.4 Å². The van der Waals surface area contributed by atoms with Crippen molar-refractivity contribution in [3.63, 3.8) is 0 Å². The molecular weight excluding hydrogens is 339 g/mol. The third-order valence-corrected chi connectivity index (χ3v) is 4.35. The van der Waals surface area contributed by atoms with Crippen LogP contribution in [0, 0.1) is 5.82 Å². The fourth-order valence-corrected chi connectivity index (χ4v) is 3.00. The number of nitrogens with one attached hydrogen (secondary N) is 2. The van der Waals surface area contributed by atoms with Crippen LogP contribution in [-0.4, -0.2) is 44.4 Å². The Morgan fingerprint density at radius 1 is 1.35 bits per heavy atom. The summed E-state index contributed by atoms with van der Waals surface area (Å²) in [6.07, 6.45) is 4.87. The third-order valence-electron chi connectivity index (χ3n) is 4.35. The molecule has 1 aliphatic heterocycles. The number of H-pyrrole nitrogens is 1. The average Bonchev–Trinajstić information content (AvgIpc) is 3.34. The zero-order chi connectivity index (χ0) is 17.9. The first kappa shape index (κ1) is 16.2. The van der Waals surface area contributed by atoms with Crippen LogP contribution in [0.1, 0.15) is 24.7 Å². The lowest BCUT2D eigenvalue weighted by atomic mass is 9.98. The van der Waals surface area contributed by atoms with Crippen LogP contribution in [-0.2, 0) is 0 Å². The molecule has 1 aliphatic rings. The van der Waals surface area contributed by atoms with Gasteiger partial charge in [-0.25, -0.2) is 9.18 Å². The number of likely N-dealkylation sites (tertiary alicyclic amines) is 1. The Kier molecular flexibility index (Phi) is 4.34. The molecule has 3 aromatic rings. The molecule has 2 aromatic heterocycles. The number of hydrogen-bond acceptors (Lipinski definition) is 5. The first-order chi connectivity index (χ1) is 12.7. The van der Waals surface area contributed by atoms with Gasteiger partial charge in [-0.15, -0.1) is 0 Å². The van der Waals surface area contributed by atoms with Crippen molar-refractivity contribution in [3.8, 4) is 11.4 Å². The summed E-state index contributed by atoms with van der Waals surface area (Å²) >= 11 is 0. The smallest absolute Gasteiger partial charge is 0.321 e. The van der Waals surface area contributed by atoms with Crippen molar-refractivity contribution < 1.29 is 13.7 Å². The lowest BCUT2D eigenvalue weighted by molar-refractivity contribution is 0.184. The minimum absolute atomic E-state index is 0.0273.